The van der Waals surface area contributed by atoms with Gasteiger partial charge in [-0.05, 0) is 42.5 Å². The molecule has 4 N–H and O–H groups in total. The lowest BCUT2D eigenvalue weighted by Crippen LogP contribution is -2.44. The first-order valence-corrected chi connectivity index (χ1v) is 12.1. The second-order valence-electron chi connectivity index (χ2n) is 9.18. The van der Waals surface area contributed by atoms with Gasteiger partial charge in [0.2, 0.25) is 5.91 Å². The summed E-state index contributed by atoms with van der Waals surface area (Å²) < 4.78 is 7.01. The molecule has 3 rings (SSSR count). The Morgan fingerprint density at radius 1 is 1.14 bits per heavy atom. The van der Waals surface area contributed by atoms with E-state index in [1.807, 2.05) is 61.5 Å². The van der Waals surface area contributed by atoms with Crippen molar-refractivity contribution in [1.82, 2.24) is 14.9 Å². The van der Waals surface area contributed by atoms with Gasteiger partial charge in [-0.3, -0.25) is 19.1 Å². The van der Waals surface area contributed by atoms with E-state index in [0.29, 0.717) is 25.6 Å². The lowest BCUT2D eigenvalue weighted by Gasteiger charge is -2.26. The number of rotatable bonds is 12. The van der Waals surface area contributed by atoms with Gasteiger partial charge in [-0.15, -0.1) is 0 Å². The van der Waals surface area contributed by atoms with E-state index in [4.69, 9.17) is 10.5 Å². The van der Waals surface area contributed by atoms with Crippen LogP contribution in [-0.4, -0.2) is 41.7 Å². The number of ether oxygens (including phenoxy) is 1. The first-order valence-electron chi connectivity index (χ1n) is 12.1. The summed E-state index contributed by atoms with van der Waals surface area (Å²) >= 11 is 0. The zero-order chi connectivity index (χ0) is 26.1. The van der Waals surface area contributed by atoms with Crippen LogP contribution in [-0.2, 0) is 11.3 Å². The topological polar surface area (TPSA) is 122 Å². The molecule has 0 fully saturated rings. The molecule has 9 heteroatoms. The number of anilines is 2. The van der Waals surface area contributed by atoms with Crippen molar-refractivity contribution >= 4 is 17.4 Å². The first-order chi connectivity index (χ1) is 17.2. The Kier molecular flexibility index (Phi) is 9.32. The second kappa shape index (κ2) is 12.6. The maximum absolute atomic E-state index is 12.8. The van der Waals surface area contributed by atoms with Gasteiger partial charge in [-0.1, -0.05) is 56.3 Å². The number of carbonyl (C=O) groups excluding carboxylic acids is 1. The molecule has 0 atom stereocenters. The minimum atomic E-state index is -0.610. The van der Waals surface area contributed by atoms with Gasteiger partial charge in [0.05, 0.1) is 19.6 Å². The Balaban J connectivity index is 1.74. The number of H-pyrrole nitrogens is 1. The summed E-state index contributed by atoms with van der Waals surface area (Å²) in [6, 6.07) is 17.0. The molecule has 0 spiro atoms. The number of aromatic amines is 1. The molecular formula is C27H35N5O4. The molecule has 9 nitrogen and oxygen atoms in total. The van der Waals surface area contributed by atoms with Crippen molar-refractivity contribution in [1.29, 1.82) is 0 Å². The molecule has 0 unspecified atom stereocenters. The highest BCUT2D eigenvalue weighted by atomic mass is 16.5. The summed E-state index contributed by atoms with van der Waals surface area (Å²) in [7, 11) is 0. The number of nitrogens with two attached hydrogens (primary N) is 1. The molecule has 1 heterocycles. The number of nitrogen functional groups attached to an aromatic ring is 1. The second-order valence-corrected chi connectivity index (χ2v) is 9.18. The molecule has 0 aliphatic carbocycles. The molecule has 1 aromatic heterocycles. The van der Waals surface area contributed by atoms with Gasteiger partial charge < -0.3 is 20.7 Å². The molecule has 3 aromatic rings. The maximum atomic E-state index is 12.8. The third kappa shape index (κ3) is 7.49. The SMILES string of the molecule is Cc1cccc(OCCNC(=O)CN(CCC(C)C)c2c(N)n(Cc3ccccc3)c(=O)[nH]c2=O)c1. The van der Waals surface area contributed by atoms with Crippen molar-refractivity contribution in [2.45, 2.75) is 33.7 Å². The Bertz CT molecular complexity index is 1270. The van der Waals surface area contributed by atoms with Crippen molar-refractivity contribution < 1.29 is 9.53 Å². The number of carbonyl (C=O) groups is 1. The molecule has 2 aromatic carbocycles. The Morgan fingerprint density at radius 3 is 2.58 bits per heavy atom. The number of aromatic nitrogens is 2. The molecule has 1 amide bonds. The van der Waals surface area contributed by atoms with Gasteiger partial charge in [-0.2, -0.15) is 0 Å². The van der Waals surface area contributed by atoms with Crippen LogP contribution in [0.4, 0.5) is 11.5 Å². The highest BCUT2D eigenvalue weighted by Gasteiger charge is 2.21. The Labute approximate surface area is 210 Å². The van der Waals surface area contributed by atoms with E-state index in [-0.39, 0.29) is 30.5 Å². The Hall–Kier alpha value is -4.01. The molecule has 0 bridgehead atoms. The van der Waals surface area contributed by atoms with E-state index in [2.05, 4.69) is 24.1 Å². The monoisotopic (exact) mass is 493 g/mol. The number of aryl methyl sites for hydroxylation is 1. The number of nitrogens with one attached hydrogen (secondary N) is 2. The molecule has 192 valence electrons. The fourth-order valence-corrected chi connectivity index (χ4v) is 3.78. The predicted octanol–water partition coefficient (Wildman–Crippen LogP) is 2.52. The quantitative estimate of drug-likeness (QED) is 0.333. The largest absolute Gasteiger partial charge is 0.492 e. The van der Waals surface area contributed by atoms with Crippen molar-refractivity contribution in [2.24, 2.45) is 5.92 Å². The summed E-state index contributed by atoms with van der Waals surface area (Å²) in [5, 5.41) is 2.83. The first kappa shape index (κ1) is 26.6. The van der Waals surface area contributed by atoms with E-state index in [1.165, 1.54) is 4.57 Å². The third-order valence-corrected chi connectivity index (χ3v) is 5.71. The number of benzene rings is 2. The number of nitrogens with zero attached hydrogens (tertiary/aromatic N) is 2. The summed E-state index contributed by atoms with van der Waals surface area (Å²) in [4.78, 5) is 42.2. The fourth-order valence-electron chi connectivity index (χ4n) is 3.78. The number of amides is 1. The molecule has 0 saturated heterocycles. The highest BCUT2D eigenvalue weighted by molar-refractivity contribution is 5.82. The van der Waals surface area contributed by atoms with Gasteiger partial charge in [0.15, 0.2) is 0 Å². The van der Waals surface area contributed by atoms with Crippen molar-refractivity contribution in [3.05, 3.63) is 86.6 Å². The van der Waals surface area contributed by atoms with Gasteiger partial charge >= 0.3 is 5.69 Å². The normalized spacial score (nSPS) is 10.9. The standard InChI is InChI=1S/C27H35N5O4/c1-19(2)12-14-31(18-23(33)29-13-15-36-22-11-7-8-20(3)16-22)24-25(28)32(27(35)30-26(24)34)17-21-9-5-4-6-10-21/h4-11,16,19H,12-15,17-18,28H2,1-3H3,(H,29,33)(H,30,34,35). The van der Waals surface area contributed by atoms with E-state index >= 15 is 0 Å². The Morgan fingerprint density at radius 2 is 1.89 bits per heavy atom. The summed E-state index contributed by atoms with van der Waals surface area (Å²) in [5.74, 6) is 0.842. The molecule has 36 heavy (non-hydrogen) atoms. The zero-order valence-corrected chi connectivity index (χ0v) is 21.1. The summed E-state index contributed by atoms with van der Waals surface area (Å²) in [6.07, 6.45) is 0.737. The zero-order valence-electron chi connectivity index (χ0n) is 21.1. The van der Waals surface area contributed by atoms with Crippen LogP contribution in [0.3, 0.4) is 0 Å². The average Bonchev–Trinajstić information content (AvgIpc) is 2.83. The smallest absolute Gasteiger partial charge is 0.330 e. The van der Waals surface area contributed by atoms with Crippen LogP contribution in [0.15, 0.2) is 64.2 Å². The number of hydrogen-bond donors (Lipinski definition) is 3. The van der Waals surface area contributed by atoms with E-state index < -0.39 is 11.2 Å². The lowest BCUT2D eigenvalue weighted by molar-refractivity contribution is -0.119. The molecule has 0 aliphatic rings. The van der Waals surface area contributed by atoms with Crippen LogP contribution in [0.2, 0.25) is 0 Å². The van der Waals surface area contributed by atoms with Crippen LogP contribution in [0, 0.1) is 12.8 Å². The van der Waals surface area contributed by atoms with E-state index in [0.717, 1.165) is 23.3 Å². The summed E-state index contributed by atoms with van der Waals surface area (Å²) in [6.45, 7) is 7.29. The van der Waals surface area contributed by atoms with Crippen LogP contribution in [0.25, 0.3) is 0 Å². The van der Waals surface area contributed by atoms with Crippen LogP contribution < -0.4 is 31.9 Å². The molecular weight excluding hydrogens is 458 g/mol. The van der Waals surface area contributed by atoms with Gasteiger partial charge in [0, 0.05) is 6.54 Å². The fraction of sp³-hybridized carbons (Fsp3) is 0.370. The molecule has 0 aliphatic heterocycles. The highest BCUT2D eigenvalue weighted by Crippen LogP contribution is 2.19. The summed E-state index contributed by atoms with van der Waals surface area (Å²) in [5.41, 5.74) is 7.24. The van der Waals surface area contributed by atoms with Crippen molar-refractivity contribution in [3.63, 3.8) is 0 Å². The molecule has 0 radical (unpaired) electrons. The van der Waals surface area contributed by atoms with Gasteiger partial charge in [0.25, 0.3) is 5.56 Å². The van der Waals surface area contributed by atoms with E-state index in [9.17, 15) is 14.4 Å². The predicted molar refractivity (Wildman–Crippen MR) is 143 cm³/mol. The van der Waals surface area contributed by atoms with Crippen LogP contribution in [0.5, 0.6) is 5.75 Å². The van der Waals surface area contributed by atoms with E-state index in [1.54, 1.807) is 4.90 Å². The van der Waals surface area contributed by atoms with Gasteiger partial charge in [-0.25, -0.2) is 4.79 Å². The van der Waals surface area contributed by atoms with Gasteiger partial charge in [0.1, 0.15) is 23.9 Å². The van der Waals surface area contributed by atoms with Crippen LogP contribution in [0.1, 0.15) is 31.4 Å². The number of hydrogen-bond acceptors (Lipinski definition) is 6. The molecule has 0 saturated carbocycles. The minimum absolute atomic E-state index is 0.0342. The minimum Gasteiger partial charge on any atom is -0.492 e. The maximum Gasteiger partial charge on any atom is 0.330 e. The lowest BCUT2D eigenvalue weighted by atomic mass is 10.1. The van der Waals surface area contributed by atoms with Crippen LogP contribution >= 0.6 is 0 Å². The van der Waals surface area contributed by atoms with Crippen molar-refractivity contribution in [2.75, 3.05) is 36.9 Å². The average molecular weight is 494 g/mol. The van der Waals surface area contributed by atoms with Crippen molar-refractivity contribution in [3.8, 4) is 5.75 Å². The third-order valence-electron chi connectivity index (χ3n) is 5.71.